The molecule has 1 aliphatic rings. The lowest BCUT2D eigenvalue weighted by Crippen LogP contribution is -2.41. The third-order valence-electron chi connectivity index (χ3n) is 3.70. The lowest BCUT2D eigenvalue weighted by Gasteiger charge is -2.16. The molecule has 7 heteroatoms. The Morgan fingerprint density at radius 1 is 1.30 bits per heavy atom. The molecule has 0 spiro atoms. The summed E-state index contributed by atoms with van der Waals surface area (Å²) in [5, 5.41) is 1.77. The minimum absolute atomic E-state index is 0.000185. The van der Waals surface area contributed by atoms with Crippen molar-refractivity contribution in [2.75, 3.05) is 13.1 Å². The summed E-state index contributed by atoms with van der Waals surface area (Å²) in [5.41, 5.74) is -0.186. The number of fused-ring (bicyclic) bond motifs is 1. The smallest absolute Gasteiger partial charge is 0.331 e. The Morgan fingerprint density at radius 2 is 2.00 bits per heavy atom. The van der Waals surface area contributed by atoms with Gasteiger partial charge in [0, 0.05) is 20.1 Å². The maximum absolute atomic E-state index is 12.2. The third kappa shape index (κ3) is 1.98. The average Bonchev–Trinajstić information content (AvgIpc) is 3.11. The number of likely N-dealkylation sites (tertiary alicyclic amines) is 1. The van der Waals surface area contributed by atoms with E-state index in [-0.39, 0.29) is 18.0 Å². The first-order chi connectivity index (χ1) is 9.59. The lowest BCUT2D eigenvalue weighted by atomic mass is 10.4. The summed E-state index contributed by atoms with van der Waals surface area (Å²) >= 11 is 1.29. The number of hydrogen-bond donors (Lipinski definition) is 0. The Labute approximate surface area is 118 Å². The summed E-state index contributed by atoms with van der Waals surface area (Å²) in [6.45, 7) is 1.51. The molecule has 3 heterocycles. The van der Waals surface area contributed by atoms with Crippen LogP contribution in [0.4, 0.5) is 0 Å². The van der Waals surface area contributed by atoms with E-state index in [1.807, 2.05) is 0 Å². The highest BCUT2D eigenvalue weighted by Crippen LogP contribution is 2.15. The fourth-order valence-electron chi connectivity index (χ4n) is 2.55. The van der Waals surface area contributed by atoms with Crippen LogP contribution in [0.25, 0.3) is 10.2 Å². The van der Waals surface area contributed by atoms with Crippen molar-refractivity contribution < 1.29 is 4.79 Å². The van der Waals surface area contributed by atoms with Gasteiger partial charge in [0.25, 0.3) is 5.56 Å². The molecule has 3 rings (SSSR count). The van der Waals surface area contributed by atoms with Crippen molar-refractivity contribution in [3.8, 4) is 0 Å². The van der Waals surface area contributed by atoms with Crippen LogP contribution in [0.1, 0.15) is 12.8 Å². The third-order valence-corrected chi connectivity index (χ3v) is 4.60. The van der Waals surface area contributed by atoms with Crippen LogP contribution in [0, 0.1) is 0 Å². The molecule has 20 heavy (non-hydrogen) atoms. The Bertz CT molecular complexity index is 780. The Morgan fingerprint density at radius 3 is 2.70 bits per heavy atom. The molecule has 0 radical (unpaired) electrons. The van der Waals surface area contributed by atoms with E-state index in [9.17, 15) is 14.4 Å². The molecule has 0 atom stereocenters. The van der Waals surface area contributed by atoms with Crippen LogP contribution in [0.15, 0.2) is 21.0 Å². The van der Waals surface area contributed by atoms with Gasteiger partial charge in [-0.05, 0) is 24.3 Å². The zero-order chi connectivity index (χ0) is 14.3. The molecule has 1 fully saturated rings. The van der Waals surface area contributed by atoms with E-state index in [0.717, 1.165) is 30.5 Å². The fraction of sp³-hybridized carbons (Fsp3) is 0.462. The van der Waals surface area contributed by atoms with Gasteiger partial charge in [0.1, 0.15) is 11.2 Å². The highest BCUT2D eigenvalue weighted by molar-refractivity contribution is 7.17. The van der Waals surface area contributed by atoms with Crippen LogP contribution in [-0.4, -0.2) is 33.0 Å². The zero-order valence-corrected chi connectivity index (χ0v) is 12.0. The van der Waals surface area contributed by atoms with Gasteiger partial charge in [-0.15, -0.1) is 11.3 Å². The first kappa shape index (κ1) is 13.1. The normalized spacial score (nSPS) is 15.2. The number of aromatic nitrogens is 2. The van der Waals surface area contributed by atoms with Crippen LogP contribution in [0.5, 0.6) is 0 Å². The maximum atomic E-state index is 12.2. The predicted molar refractivity (Wildman–Crippen MR) is 77.1 cm³/mol. The van der Waals surface area contributed by atoms with Crippen molar-refractivity contribution in [3.63, 3.8) is 0 Å². The molecular formula is C13H15N3O3S. The minimum atomic E-state index is -0.437. The number of carbonyl (C=O) groups excluding carboxylic acids is 1. The number of carbonyl (C=O) groups is 1. The molecule has 0 unspecified atom stereocenters. The summed E-state index contributed by atoms with van der Waals surface area (Å²) < 4.78 is 2.98. The molecule has 0 aliphatic carbocycles. The molecule has 1 saturated heterocycles. The molecule has 1 amide bonds. The van der Waals surface area contributed by atoms with Gasteiger partial charge >= 0.3 is 5.69 Å². The van der Waals surface area contributed by atoms with Crippen LogP contribution in [-0.2, 0) is 18.4 Å². The van der Waals surface area contributed by atoms with Gasteiger partial charge in [-0.3, -0.25) is 18.7 Å². The summed E-state index contributed by atoms with van der Waals surface area (Å²) in [4.78, 5) is 38.2. The Kier molecular flexibility index (Phi) is 3.21. The van der Waals surface area contributed by atoms with E-state index >= 15 is 0 Å². The quantitative estimate of drug-likeness (QED) is 0.804. The number of hydrogen-bond acceptors (Lipinski definition) is 4. The molecule has 0 aromatic carbocycles. The van der Waals surface area contributed by atoms with Gasteiger partial charge in [0.05, 0.1) is 5.52 Å². The zero-order valence-electron chi connectivity index (χ0n) is 11.2. The first-order valence-electron chi connectivity index (χ1n) is 6.54. The Hall–Kier alpha value is -1.89. The van der Waals surface area contributed by atoms with Gasteiger partial charge < -0.3 is 4.90 Å². The highest BCUT2D eigenvalue weighted by Gasteiger charge is 2.20. The molecule has 0 saturated carbocycles. The standard InChI is InChI=1S/C13H15N3O3S/c1-14-12(18)11-9(4-7-20-11)16(13(14)19)8-10(17)15-5-2-3-6-15/h4,7H,2-3,5-6,8H2,1H3. The van der Waals surface area contributed by atoms with Crippen LogP contribution in [0.3, 0.4) is 0 Å². The minimum Gasteiger partial charge on any atom is -0.341 e. The fourth-order valence-corrected chi connectivity index (χ4v) is 3.42. The number of rotatable bonds is 2. The van der Waals surface area contributed by atoms with Crippen molar-refractivity contribution >= 4 is 27.5 Å². The monoisotopic (exact) mass is 293 g/mol. The van der Waals surface area contributed by atoms with Gasteiger partial charge in [0.15, 0.2) is 0 Å². The second-order valence-corrected chi connectivity index (χ2v) is 5.87. The van der Waals surface area contributed by atoms with Gasteiger partial charge in [-0.25, -0.2) is 4.79 Å². The van der Waals surface area contributed by atoms with E-state index < -0.39 is 5.69 Å². The molecule has 106 valence electrons. The predicted octanol–water partition coefficient (Wildman–Crippen LogP) is 0.384. The molecule has 6 nitrogen and oxygen atoms in total. The average molecular weight is 293 g/mol. The molecule has 0 bridgehead atoms. The van der Waals surface area contributed by atoms with Crippen LogP contribution in [0.2, 0.25) is 0 Å². The molecule has 2 aromatic rings. The summed E-state index contributed by atoms with van der Waals surface area (Å²) in [5.74, 6) is -0.0595. The second kappa shape index (κ2) is 4.90. The summed E-state index contributed by atoms with van der Waals surface area (Å²) in [7, 11) is 1.45. The topological polar surface area (TPSA) is 64.3 Å². The molecule has 1 aliphatic heterocycles. The van der Waals surface area contributed by atoms with Gasteiger partial charge in [0.2, 0.25) is 5.91 Å². The van der Waals surface area contributed by atoms with Crippen molar-refractivity contribution in [2.45, 2.75) is 19.4 Å². The SMILES string of the molecule is Cn1c(=O)c2sccc2n(CC(=O)N2CCCC2)c1=O. The molecule has 0 N–H and O–H groups in total. The van der Waals surface area contributed by atoms with Crippen molar-refractivity contribution in [1.29, 1.82) is 0 Å². The number of thiophene rings is 1. The van der Waals surface area contributed by atoms with E-state index in [4.69, 9.17) is 0 Å². The van der Waals surface area contributed by atoms with E-state index in [2.05, 4.69) is 0 Å². The van der Waals surface area contributed by atoms with E-state index in [1.54, 1.807) is 16.3 Å². The van der Waals surface area contributed by atoms with Gasteiger partial charge in [-0.1, -0.05) is 0 Å². The van der Waals surface area contributed by atoms with Crippen molar-refractivity contribution in [2.24, 2.45) is 7.05 Å². The highest BCUT2D eigenvalue weighted by atomic mass is 32.1. The number of amides is 1. The van der Waals surface area contributed by atoms with Crippen LogP contribution < -0.4 is 11.2 Å². The largest absolute Gasteiger partial charge is 0.341 e. The number of nitrogens with zero attached hydrogens (tertiary/aromatic N) is 3. The van der Waals surface area contributed by atoms with Crippen molar-refractivity contribution in [1.82, 2.24) is 14.0 Å². The Balaban J connectivity index is 2.07. The van der Waals surface area contributed by atoms with Crippen LogP contribution >= 0.6 is 11.3 Å². The first-order valence-corrected chi connectivity index (χ1v) is 7.42. The van der Waals surface area contributed by atoms with Gasteiger partial charge in [-0.2, -0.15) is 0 Å². The van der Waals surface area contributed by atoms with E-state index in [1.165, 1.54) is 23.0 Å². The maximum Gasteiger partial charge on any atom is 0.331 e. The van der Waals surface area contributed by atoms with Crippen molar-refractivity contribution in [3.05, 3.63) is 32.3 Å². The second-order valence-electron chi connectivity index (χ2n) is 4.96. The summed E-state index contributed by atoms with van der Waals surface area (Å²) in [6, 6.07) is 1.72. The molecular weight excluding hydrogens is 278 g/mol. The van der Waals surface area contributed by atoms with E-state index in [0.29, 0.717) is 10.2 Å². The summed E-state index contributed by atoms with van der Waals surface area (Å²) in [6.07, 6.45) is 2.03. The molecule has 2 aromatic heterocycles. The lowest BCUT2D eigenvalue weighted by molar-refractivity contribution is -0.130.